The summed E-state index contributed by atoms with van der Waals surface area (Å²) < 4.78 is 29.4. The number of carbonyl (C=O) groups excluding carboxylic acids is 1. The van der Waals surface area contributed by atoms with Crippen LogP contribution in [0.3, 0.4) is 0 Å². The largest absolute Gasteiger partial charge is 0.354 e. The molecule has 2 fully saturated rings. The molecule has 1 amide bonds. The second-order valence-electron chi connectivity index (χ2n) is 8.80. The van der Waals surface area contributed by atoms with E-state index >= 15 is 0 Å². The summed E-state index contributed by atoms with van der Waals surface area (Å²) in [6.45, 7) is 1.48. The molecule has 5 nitrogen and oxygen atoms in total. The Labute approximate surface area is 168 Å². The molecule has 0 radical (unpaired) electrons. The lowest BCUT2D eigenvalue weighted by Gasteiger charge is -2.39. The molecule has 0 bridgehead atoms. The molecule has 2 N–H and O–H groups in total. The maximum absolute atomic E-state index is 14.1. The SMILES string of the molecule is O=C1NCC2(CCCCC2)C1NC1CCc2nc(-c3ccc(F)cc3F)cn2C1. The highest BCUT2D eigenvalue weighted by atomic mass is 19.1. The zero-order valence-electron chi connectivity index (χ0n) is 16.4. The molecule has 2 atom stereocenters. The minimum Gasteiger partial charge on any atom is -0.354 e. The summed E-state index contributed by atoms with van der Waals surface area (Å²) >= 11 is 0. The van der Waals surface area contributed by atoms with Crippen molar-refractivity contribution in [1.82, 2.24) is 20.2 Å². The van der Waals surface area contributed by atoms with Gasteiger partial charge in [0.2, 0.25) is 5.91 Å². The Morgan fingerprint density at radius 3 is 2.83 bits per heavy atom. The van der Waals surface area contributed by atoms with E-state index in [1.165, 1.54) is 31.4 Å². The summed E-state index contributed by atoms with van der Waals surface area (Å²) in [5.41, 5.74) is 0.891. The first-order valence-corrected chi connectivity index (χ1v) is 10.6. The Hall–Kier alpha value is -2.28. The van der Waals surface area contributed by atoms with Gasteiger partial charge in [0.25, 0.3) is 0 Å². The van der Waals surface area contributed by atoms with Crippen molar-refractivity contribution in [2.75, 3.05) is 6.54 Å². The van der Waals surface area contributed by atoms with Crippen molar-refractivity contribution in [1.29, 1.82) is 0 Å². The lowest BCUT2D eigenvalue weighted by molar-refractivity contribution is -0.122. The van der Waals surface area contributed by atoms with Crippen LogP contribution in [0.5, 0.6) is 0 Å². The summed E-state index contributed by atoms with van der Waals surface area (Å²) in [6.07, 6.45) is 9.33. The first kappa shape index (κ1) is 18.7. The molecule has 7 heteroatoms. The van der Waals surface area contributed by atoms with E-state index in [0.29, 0.717) is 17.8 Å². The molecule has 1 saturated carbocycles. The Kier molecular flexibility index (Phi) is 4.65. The maximum atomic E-state index is 14.1. The van der Waals surface area contributed by atoms with Crippen molar-refractivity contribution in [3.8, 4) is 11.3 Å². The van der Waals surface area contributed by atoms with Gasteiger partial charge in [0.1, 0.15) is 17.5 Å². The predicted molar refractivity (Wildman–Crippen MR) is 105 cm³/mol. The highest BCUT2D eigenvalue weighted by Crippen LogP contribution is 2.42. The molecule has 2 aliphatic heterocycles. The molecule has 1 aromatic heterocycles. The summed E-state index contributed by atoms with van der Waals surface area (Å²) in [4.78, 5) is 17.1. The number of aromatic nitrogens is 2. The number of halogens is 2. The van der Waals surface area contributed by atoms with Crippen molar-refractivity contribution in [3.63, 3.8) is 0 Å². The van der Waals surface area contributed by atoms with Gasteiger partial charge in [0, 0.05) is 48.8 Å². The van der Waals surface area contributed by atoms with Crippen LogP contribution in [0.4, 0.5) is 8.78 Å². The third kappa shape index (κ3) is 3.35. The molecule has 1 spiro atoms. The Morgan fingerprint density at radius 1 is 1.21 bits per heavy atom. The highest BCUT2D eigenvalue weighted by molar-refractivity contribution is 5.85. The van der Waals surface area contributed by atoms with Crippen LogP contribution < -0.4 is 10.6 Å². The molecule has 1 aliphatic carbocycles. The van der Waals surface area contributed by atoms with Gasteiger partial charge >= 0.3 is 0 Å². The van der Waals surface area contributed by atoms with Crippen LogP contribution in [0.15, 0.2) is 24.4 Å². The number of hydrogen-bond acceptors (Lipinski definition) is 3. The first-order chi connectivity index (χ1) is 14.0. The van der Waals surface area contributed by atoms with E-state index in [2.05, 4.69) is 15.6 Å². The maximum Gasteiger partial charge on any atom is 0.237 e. The van der Waals surface area contributed by atoms with Crippen molar-refractivity contribution in [3.05, 3.63) is 41.9 Å². The number of rotatable bonds is 3. The molecule has 3 heterocycles. The smallest absolute Gasteiger partial charge is 0.237 e. The van der Waals surface area contributed by atoms with Gasteiger partial charge in [-0.15, -0.1) is 0 Å². The van der Waals surface area contributed by atoms with Crippen LogP contribution in [-0.4, -0.2) is 34.1 Å². The fraction of sp³-hybridized carbons (Fsp3) is 0.545. The van der Waals surface area contributed by atoms with Crippen molar-refractivity contribution < 1.29 is 13.6 Å². The van der Waals surface area contributed by atoms with Gasteiger partial charge in [0.05, 0.1) is 11.7 Å². The Balaban J connectivity index is 1.33. The van der Waals surface area contributed by atoms with Gasteiger partial charge in [-0.25, -0.2) is 13.8 Å². The number of hydrogen-bond donors (Lipinski definition) is 2. The van der Waals surface area contributed by atoms with Crippen molar-refractivity contribution in [2.24, 2.45) is 5.41 Å². The van der Waals surface area contributed by atoms with Crippen molar-refractivity contribution >= 4 is 5.91 Å². The van der Waals surface area contributed by atoms with Crippen LogP contribution in [0, 0.1) is 17.0 Å². The standard InChI is InChI=1S/C22H26F2N4O/c23-14-4-6-16(17(24)10-14)18-12-28-11-15(5-7-19(28)27-18)26-20-21(29)25-13-22(20)8-2-1-3-9-22/h4,6,10,12,15,20,26H,1-3,5,7-9,11,13H2,(H,25,29). The normalized spacial score (nSPS) is 25.8. The van der Waals surface area contributed by atoms with Crippen LogP contribution in [-0.2, 0) is 17.8 Å². The monoisotopic (exact) mass is 400 g/mol. The Bertz CT molecular complexity index is 935. The fourth-order valence-electron chi connectivity index (χ4n) is 5.36. The van der Waals surface area contributed by atoms with Crippen LogP contribution in [0.25, 0.3) is 11.3 Å². The second kappa shape index (κ2) is 7.20. The third-order valence-corrected chi connectivity index (χ3v) is 6.94. The molecule has 29 heavy (non-hydrogen) atoms. The number of carbonyl (C=O) groups is 1. The molecule has 1 saturated heterocycles. The Morgan fingerprint density at radius 2 is 2.03 bits per heavy atom. The lowest BCUT2D eigenvalue weighted by atomic mass is 9.70. The molecule has 2 aromatic rings. The van der Waals surface area contributed by atoms with Gasteiger partial charge in [-0.1, -0.05) is 19.3 Å². The molecular formula is C22H26F2N4O. The molecule has 1 aromatic carbocycles. The van der Waals surface area contributed by atoms with E-state index in [1.807, 2.05) is 10.8 Å². The van der Waals surface area contributed by atoms with E-state index in [-0.39, 0.29) is 23.4 Å². The minimum atomic E-state index is -0.600. The van der Waals surface area contributed by atoms with Crippen LogP contribution in [0.2, 0.25) is 0 Å². The quantitative estimate of drug-likeness (QED) is 0.832. The predicted octanol–water partition coefficient (Wildman–Crippen LogP) is 3.18. The molecule has 5 rings (SSSR count). The van der Waals surface area contributed by atoms with E-state index in [9.17, 15) is 13.6 Å². The van der Waals surface area contributed by atoms with Gasteiger partial charge in [-0.05, 0) is 31.4 Å². The first-order valence-electron chi connectivity index (χ1n) is 10.6. The lowest BCUT2D eigenvalue weighted by Crippen LogP contribution is -2.53. The summed E-state index contributed by atoms with van der Waals surface area (Å²) in [5.74, 6) is -0.162. The molecular weight excluding hydrogens is 374 g/mol. The number of imidazole rings is 1. The number of benzene rings is 1. The van der Waals surface area contributed by atoms with Gasteiger partial charge in [-0.3, -0.25) is 4.79 Å². The summed E-state index contributed by atoms with van der Waals surface area (Å²) in [5, 5.41) is 6.73. The van der Waals surface area contributed by atoms with Gasteiger partial charge < -0.3 is 15.2 Å². The highest BCUT2D eigenvalue weighted by Gasteiger charge is 2.49. The number of fused-ring (bicyclic) bond motifs is 1. The fourth-order valence-corrected chi connectivity index (χ4v) is 5.36. The molecule has 154 valence electrons. The number of amides is 1. The average Bonchev–Trinajstić information content (AvgIpc) is 3.25. The summed E-state index contributed by atoms with van der Waals surface area (Å²) in [7, 11) is 0. The van der Waals surface area contributed by atoms with Gasteiger partial charge in [0.15, 0.2) is 0 Å². The number of nitrogens with zero attached hydrogens (tertiary/aromatic N) is 2. The zero-order chi connectivity index (χ0) is 20.0. The van der Waals surface area contributed by atoms with Gasteiger partial charge in [-0.2, -0.15) is 0 Å². The third-order valence-electron chi connectivity index (χ3n) is 6.94. The molecule has 2 unspecified atom stereocenters. The topological polar surface area (TPSA) is 59.0 Å². The second-order valence-corrected chi connectivity index (χ2v) is 8.80. The molecule has 3 aliphatic rings. The summed E-state index contributed by atoms with van der Waals surface area (Å²) in [6, 6.07) is 3.62. The van der Waals surface area contributed by atoms with Crippen molar-refractivity contribution in [2.45, 2.75) is 63.6 Å². The van der Waals surface area contributed by atoms with E-state index in [4.69, 9.17) is 0 Å². The van der Waals surface area contributed by atoms with E-state index < -0.39 is 11.6 Å². The minimum absolute atomic E-state index is 0.0486. The average molecular weight is 400 g/mol. The van der Waals surface area contributed by atoms with Crippen LogP contribution >= 0.6 is 0 Å². The van der Waals surface area contributed by atoms with Crippen LogP contribution in [0.1, 0.15) is 44.3 Å². The number of aryl methyl sites for hydroxylation is 1. The van der Waals surface area contributed by atoms with E-state index in [0.717, 1.165) is 44.1 Å². The number of nitrogens with one attached hydrogen (secondary N) is 2. The zero-order valence-corrected chi connectivity index (χ0v) is 16.4. The van der Waals surface area contributed by atoms with E-state index in [1.54, 1.807) is 0 Å².